The summed E-state index contributed by atoms with van der Waals surface area (Å²) < 4.78 is 0.704. The average molecular weight is 375 g/mol. The molecule has 0 aliphatic rings. The van der Waals surface area contributed by atoms with Gasteiger partial charge in [0.25, 0.3) is 0 Å². The Morgan fingerprint density at radius 3 is 2.52 bits per heavy atom. The zero-order valence-electron chi connectivity index (χ0n) is 13.9. The van der Waals surface area contributed by atoms with Crippen LogP contribution < -0.4 is 5.32 Å². The Labute approximate surface area is 156 Å². The van der Waals surface area contributed by atoms with Crippen LogP contribution in [0.4, 0.5) is 5.69 Å². The van der Waals surface area contributed by atoms with Crippen LogP contribution >= 0.6 is 22.9 Å². The fourth-order valence-electron chi connectivity index (χ4n) is 2.17. The van der Waals surface area contributed by atoms with Gasteiger partial charge < -0.3 is 10.2 Å². The number of hydrogen-bond acceptors (Lipinski definition) is 3. The van der Waals surface area contributed by atoms with Gasteiger partial charge in [0.05, 0.1) is 10.9 Å². The zero-order valence-corrected chi connectivity index (χ0v) is 15.4. The van der Waals surface area contributed by atoms with E-state index >= 15 is 0 Å². The van der Waals surface area contributed by atoms with Crippen molar-refractivity contribution >= 4 is 46.5 Å². The molecule has 4 nitrogen and oxygen atoms in total. The summed E-state index contributed by atoms with van der Waals surface area (Å²) in [6.45, 7) is 6.12. The van der Waals surface area contributed by atoms with Crippen molar-refractivity contribution in [1.29, 1.82) is 0 Å². The molecule has 2 aromatic rings. The highest BCUT2D eigenvalue weighted by atomic mass is 35.5. The lowest BCUT2D eigenvalue weighted by atomic mass is 10.2. The second kappa shape index (κ2) is 9.20. The summed E-state index contributed by atoms with van der Waals surface area (Å²) >= 11 is 7.40. The van der Waals surface area contributed by atoms with E-state index in [1.165, 1.54) is 24.3 Å². The van der Waals surface area contributed by atoms with Crippen LogP contribution in [0.5, 0.6) is 0 Å². The number of amides is 2. The van der Waals surface area contributed by atoms with Crippen LogP contribution in [-0.2, 0) is 16.1 Å². The highest BCUT2D eigenvalue weighted by Gasteiger charge is 2.11. The van der Waals surface area contributed by atoms with E-state index in [0.717, 1.165) is 16.1 Å². The predicted octanol–water partition coefficient (Wildman–Crippen LogP) is 4.59. The van der Waals surface area contributed by atoms with Gasteiger partial charge in [0.15, 0.2) is 0 Å². The Bertz CT molecular complexity index is 781. The molecule has 0 aliphatic heterocycles. The van der Waals surface area contributed by atoms with Crippen molar-refractivity contribution in [3.63, 3.8) is 0 Å². The Morgan fingerprint density at radius 1 is 1.24 bits per heavy atom. The summed E-state index contributed by atoms with van der Waals surface area (Å²) in [6.07, 6.45) is 4.98. The maximum atomic E-state index is 12.4. The first kappa shape index (κ1) is 19.0. The van der Waals surface area contributed by atoms with Gasteiger partial charge in [-0.3, -0.25) is 9.59 Å². The Hall–Kier alpha value is -2.37. The third kappa shape index (κ3) is 6.21. The largest absolute Gasteiger partial charge is 0.330 e. The van der Waals surface area contributed by atoms with Crippen molar-refractivity contribution < 1.29 is 9.59 Å². The normalized spacial score (nSPS) is 10.6. The second-order valence-electron chi connectivity index (χ2n) is 5.35. The Kier molecular flexibility index (Phi) is 6.98. The van der Waals surface area contributed by atoms with Crippen molar-refractivity contribution in [2.45, 2.75) is 13.5 Å². The monoisotopic (exact) mass is 374 g/mol. The van der Waals surface area contributed by atoms with E-state index in [-0.39, 0.29) is 11.8 Å². The lowest BCUT2D eigenvalue weighted by Gasteiger charge is -2.18. The van der Waals surface area contributed by atoms with Crippen LogP contribution in [0.25, 0.3) is 6.08 Å². The Balaban J connectivity index is 2.02. The molecule has 0 spiro atoms. The van der Waals surface area contributed by atoms with Gasteiger partial charge in [0, 0.05) is 30.1 Å². The molecule has 1 heterocycles. The zero-order chi connectivity index (χ0) is 18.2. The van der Waals surface area contributed by atoms with Gasteiger partial charge in [-0.1, -0.05) is 29.8 Å². The molecular weight excluding hydrogens is 356 g/mol. The van der Waals surface area contributed by atoms with Crippen LogP contribution in [0.3, 0.4) is 0 Å². The summed E-state index contributed by atoms with van der Waals surface area (Å²) in [5.74, 6) is -0.220. The molecule has 130 valence electrons. The van der Waals surface area contributed by atoms with E-state index in [9.17, 15) is 9.59 Å². The summed E-state index contributed by atoms with van der Waals surface area (Å²) in [4.78, 5) is 26.2. The van der Waals surface area contributed by atoms with Crippen LogP contribution in [0.2, 0.25) is 4.34 Å². The van der Waals surface area contributed by atoms with Gasteiger partial charge in [-0.25, -0.2) is 0 Å². The average Bonchev–Trinajstić information content (AvgIpc) is 2.98. The SMILES string of the molecule is C=CCN(Cc1ccc(Cl)s1)C(=O)/C=C/c1ccc(NC(C)=O)cc1. The molecule has 1 N–H and O–H groups in total. The van der Waals surface area contributed by atoms with Crippen LogP contribution in [-0.4, -0.2) is 23.3 Å². The molecule has 1 aromatic heterocycles. The number of carbonyl (C=O) groups excluding carboxylic acids is 2. The summed E-state index contributed by atoms with van der Waals surface area (Å²) in [5.41, 5.74) is 1.60. The fraction of sp³-hybridized carbons (Fsp3) is 0.158. The van der Waals surface area contributed by atoms with Gasteiger partial charge in [0.2, 0.25) is 11.8 Å². The molecule has 0 aliphatic carbocycles. The van der Waals surface area contributed by atoms with E-state index in [2.05, 4.69) is 11.9 Å². The number of nitrogens with zero attached hydrogens (tertiary/aromatic N) is 1. The third-order valence-electron chi connectivity index (χ3n) is 3.29. The number of anilines is 1. The minimum absolute atomic E-state index is 0.102. The van der Waals surface area contributed by atoms with Crippen LogP contribution in [0.15, 0.2) is 55.1 Å². The van der Waals surface area contributed by atoms with E-state index < -0.39 is 0 Å². The molecule has 6 heteroatoms. The van der Waals surface area contributed by atoms with Gasteiger partial charge >= 0.3 is 0 Å². The van der Waals surface area contributed by atoms with Crippen molar-refractivity contribution in [3.8, 4) is 0 Å². The van der Waals surface area contributed by atoms with E-state index in [1.54, 1.807) is 29.2 Å². The molecule has 0 atom stereocenters. The molecule has 25 heavy (non-hydrogen) atoms. The van der Waals surface area contributed by atoms with E-state index in [1.807, 2.05) is 24.3 Å². The molecule has 1 aromatic carbocycles. The topological polar surface area (TPSA) is 49.4 Å². The number of thiophene rings is 1. The van der Waals surface area contributed by atoms with Crippen molar-refractivity contribution in [3.05, 3.63) is 69.9 Å². The third-order valence-corrected chi connectivity index (χ3v) is 4.50. The highest BCUT2D eigenvalue weighted by Crippen LogP contribution is 2.23. The molecular formula is C19H19ClN2O2S. The number of nitrogens with one attached hydrogen (secondary N) is 1. The standard InChI is InChI=1S/C19H19ClN2O2S/c1-3-12-22(13-17-9-10-18(20)25-17)19(24)11-6-15-4-7-16(8-5-15)21-14(2)23/h3-11H,1,12-13H2,2H3,(H,21,23)/b11-6+. The van der Waals surface area contributed by atoms with Crippen LogP contribution in [0, 0.1) is 0 Å². The van der Waals surface area contributed by atoms with Crippen molar-refractivity contribution in [2.75, 3.05) is 11.9 Å². The molecule has 0 bridgehead atoms. The smallest absolute Gasteiger partial charge is 0.247 e. The van der Waals surface area contributed by atoms with E-state index in [0.29, 0.717) is 17.4 Å². The van der Waals surface area contributed by atoms with E-state index in [4.69, 9.17) is 11.6 Å². The first-order valence-electron chi connectivity index (χ1n) is 7.67. The molecule has 0 fully saturated rings. The molecule has 0 unspecified atom stereocenters. The molecule has 2 amide bonds. The number of carbonyl (C=O) groups is 2. The quantitative estimate of drug-likeness (QED) is 0.569. The van der Waals surface area contributed by atoms with Gasteiger partial charge in [0.1, 0.15) is 0 Å². The number of rotatable bonds is 7. The molecule has 0 radical (unpaired) electrons. The first-order valence-corrected chi connectivity index (χ1v) is 8.87. The van der Waals surface area contributed by atoms with Gasteiger partial charge in [-0.2, -0.15) is 0 Å². The Morgan fingerprint density at radius 2 is 1.96 bits per heavy atom. The minimum atomic E-state index is -0.118. The summed E-state index contributed by atoms with van der Waals surface area (Å²) in [7, 11) is 0. The maximum absolute atomic E-state index is 12.4. The lowest BCUT2D eigenvalue weighted by Crippen LogP contribution is -2.28. The van der Waals surface area contributed by atoms with Gasteiger partial charge in [-0.05, 0) is 35.9 Å². The predicted molar refractivity (Wildman–Crippen MR) is 105 cm³/mol. The lowest BCUT2D eigenvalue weighted by molar-refractivity contribution is -0.126. The molecule has 2 rings (SSSR count). The van der Waals surface area contributed by atoms with Crippen LogP contribution in [0.1, 0.15) is 17.4 Å². The molecule has 0 saturated carbocycles. The number of hydrogen-bond donors (Lipinski definition) is 1. The highest BCUT2D eigenvalue weighted by molar-refractivity contribution is 7.16. The summed E-state index contributed by atoms with van der Waals surface area (Å²) in [5, 5.41) is 2.70. The van der Waals surface area contributed by atoms with Gasteiger partial charge in [-0.15, -0.1) is 17.9 Å². The summed E-state index contributed by atoms with van der Waals surface area (Å²) in [6, 6.07) is 11.0. The number of halogens is 1. The van der Waals surface area contributed by atoms with Crippen molar-refractivity contribution in [1.82, 2.24) is 4.90 Å². The minimum Gasteiger partial charge on any atom is -0.330 e. The maximum Gasteiger partial charge on any atom is 0.247 e. The second-order valence-corrected chi connectivity index (χ2v) is 7.15. The van der Waals surface area contributed by atoms with Crippen molar-refractivity contribution in [2.24, 2.45) is 0 Å². The first-order chi connectivity index (χ1) is 12.0. The number of benzene rings is 1. The molecule has 0 saturated heterocycles. The fourth-order valence-corrected chi connectivity index (χ4v) is 3.27.